The standard InChI is InChI=1S/C15H18ClNO3/c1-10-7-11(9-12(16)8-10)13(18)17-15(14(19)20)5-3-2-4-6-15/h7-9H,2-6H2,1H3,(H,17,18)(H,19,20). The van der Waals surface area contributed by atoms with Gasteiger partial charge in [-0.2, -0.15) is 0 Å². The van der Waals surface area contributed by atoms with Crippen LogP contribution in [0.15, 0.2) is 18.2 Å². The average Bonchev–Trinajstić information content (AvgIpc) is 2.38. The van der Waals surface area contributed by atoms with Gasteiger partial charge in [0.15, 0.2) is 0 Å². The van der Waals surface area contributed by atoms with Crippen LogP contribution in [0.1, 0.15) is 48.0 Å². The van der Waals surface area contributed by atoms with Gasteiger partial charge >= 0.3 is 5.97 Å². The summed E-state index contributed by atoms with van der Waals surface area (Å²) in [6.07, 6.45) is 3.62. The van der Waals surface area contributed by atoms with Crippen molar-refractivity contribution in [1.82, 2.24) is 5.32 Å². The first kappa shape index (κ1) is 14.9. The fourth-order valence-corrected chi connectivity index (χ4v) is 2.99. The fourth-order valence-electron chi connectivity index (χ4n) is 2.70. The summed E-state index contributed by atoms with van der Waals surface area (Å²) in [5.41, 5.74) is 0.142. The summed E-state index contributed by atoms with van der Waals surface area (Å²) in [6.45, 7) is 1.84. The first-order valence-corrected chi connectivity index (χ1v) is 7.14. The lowest BCUT2D eigenvalue weighted by Crippen LogP contribution is -2.55. The average molecular weight is 296 g/mol. The summed E-state index contributed by atoms with van der Waals surface area (Å²) >= 11 is 5.94. The molecule has 0 saturated heterocycles. The molecule has 5 heteroatoms. The maximum absolute atomic E-state index is 12.3. The number of halogens is 1. The Kier molecular flexibility index (Phi) is 4.33. The monoisotopic (exact) mass is 295 g/mol. The van der Waals surface area contributed by atoms with E-state index in [1.165, 1.54) is 0 Å². The van der Waals surface area contributed by atoms with Crippen LogP contribution >= 0.6 is 11.6 Å². The summed E-state index contributed by atoms with van der Waals surface area (Å²) in [7, 11) is 0. The molecule has 0 aromatic heterocycles. The fraction of sp³-hybridized carbons (Fsp3) is 0.467. The van der Waals surface area contributed by atoms with Crippen molar-refractivity contribution < 1.29 is 14.7 Å². The quantitative estimate of drug-likeness (QED) is 0.900. The zero-order valence-electron chi connectivity index (χ0n) is 11.4. The molecular formula is C15H18ClNO3. The molecule has 2 N–H and O–H groups in total. The molecule has 0 unspecified atom stereocenters. The molecule has 0 heterocycles. The number of carbonyl (C=O) groups is 2. The molecular weight excluding hydrogens is 278 g/mol. The van der Waals surface area contributed by atoms with E-state index in [9.17, 15) is 14.7 Å². The van der Waals surface area contributed by atoms with Crippen LogP contribution in [-0.4, -0.2) is 22.5 Å². The number of carbonyl (C=O) groups excluding carboxylic acids is 1. The van der Waals surface area contributed by atoms with Gasteiger partial charge < -0.3 is 10.4 Å². The summed E-state index contributed by atoms with van der Waals surface area (Å²) < 4.78 is 0. The Balaban J connectivity index is 2.22. The van der Waals surface area contributed by atoms with Crippen LogP contribution < -0.4 is 5.32 Å². The smallest absolute Gasteiger partial charge is 0.329 e. The third-order valence-corrected chi connectivity index (χ3v) is 3.99. The van der Waals surface area contributed by atoms with Gasteiger partial charge in [-0.05, 0) is 43.5 Å². The molecule has 1 amide bonds. The van der Waals surface area contributed by atoms with Gasteiger partial charge in [-0.15, -0.1) is 0 Å². The number of aryl methyl sites for hydroxylation is 1. The summed E-state index contributed by atoms with van der Waals surface area (Å²) in [6, 6.07) is 5.02. The van der Waals surface area contributed by atoms with Crippen LogP contribution in [0.5, 0.6) is 0 Å². The first-order chi connectivity index (χ1) is 9.43. The second-order valence-electron chi connectivity index (χ2n) is 5.42. The van der Waals surface area contributed by atoms with E-state index in [1.807, 2.05) is 6.92 Å². The van der Waals surface area contributed by atoms with Crippen molar-refractivity contribution in [2.45, 2.75) is 44.6 Å². The van der Waals surface area contributed by atoms with Gasteiger partial charge in [0.25, 0.3) is 5.91 Å². The lowest BCUT2D eigenvalue weighted by molar-refractivity contribution is -0.145. The topological polar surface area (TPSA) is 66.4 Å². The minimum absolute atomic E-state index is 0.375. The van der Waals surface area contributed by atoms with E-state index in [1.54, 1.807) is 18.2 Å². The van der Waals surface area contributed by atoms with Gasteiger partial charge in [0.05, 0.1) is 0 Å². The van der Waals surface area contributed by atoms with E-state index < -0.39 is 11.5 Å². The van der Waals surface area contributed by atoms with Crippen LogP contribution in [0.3, 0.4) is 0 Å². The van der Waals surface area contributed by atoms with Crippen LogP contribution in [0.2, 0.25) is 5.02 Å². The Morgan fingerprint density at radius 1 is 1.20 bits per heavy atom. The molecule has 0 spiro atoms. The Bertz CT molecular complexity index is 516. The highest BCUT2D eigenvalue weighted by Gasteiger charge is 2.41. The second kappa shape index (κ2) is 5.83. The highest BCUT2D eigenvalue weighted by molar-refractivity contribution is 6.31. The molecule has 1 aromatic rings. The first-order valence-electron chi connectivity index (χ1n) is 6.76. The summed E-state index contributed by atoms with van der Waals surface area (Å²) in [5, 5.41) is 12.6. The molecule has 1 aliphatic rings. The van der Waals surface area contributed by atoms with Gasteiger partial charge in [0, 0.05) is 10.6 Å². The SMILES string of the molecule is Cc1cc(Cl)cc(C(=O)NC2(C(=O)O)CCCCC2)c1. The maximum Gasteiger partial charge on any atom is 0.329 e. The zero-order chi connectivity index (χ0) is 14.8. The molecule has 0 aliphatic heterocycles. The van der Waals surface area contributed by atoms with Crippen molar-refractivity contribution in [2.75, 3.05) is 0 Å². The van der Waals surface area contributed by atoms with E-state index in [0.717, 1.165) is 24.8 Å². The molecule has 4 nitrogen and oxygen atoms in total. The number of nitrogens with one attached hydrogen (secondary N) is 1. The van der Waals surface area contributed by atoms with Gasteiger partial charge in [-0.1, -0.05) is 30.9 Å². The highest BCUT2D eigenvalue weighted by atomic mass is 35.5. The van der Waals surface area contributed by atoms with Gasteiger partial charge in [-0.3, -0.25) is 4.79 Å². The predicted octanol–water partition coefficient (Wildman–Crippen LogP) is 3.17. The normalized spacial score (nSPS) is 17.5. The number of carboxylic acid groups (broad SMARTS) is 1. The highest BCUT2D eigenvalue weighted by Crippen LogP contribution is 2.29. The number of amides is 1. The van der Waals surface area contributed by atoms with Crippen LogP contribution in [0.25, 0.3) is 0 Å². The molecule has 108 valence electrons. The zero-order valence-corrected chi connectivity index (χ0v) is 12.2. The van der Waals surface area contributed by atoms with E-state index in [2.05, 4.69) is 5.32 Å². The molecule has 1 aliphatic carbocycles. The van der Waals surface area contributed by atoms with Crippen molar-refractivity contribution in [3.05, 3.63) is 34.3 Å². The number of benzene rings is 1. The third-order valence-electron chi connectivity index (χ3n) is 3.77. The van der Waals surface area contributed by atoms with Crippen LogP contribution in [0, 0.1) is 6.92 Å². The minimum Gasteiger partial charge on any atom is -0.480 e. The number of hydrogen-bond donors (Lipinski definition) is 2. The molecule has 1 saturated carbocycles. The number of hydrogen-bond acceptors (Lipinski definition) is 2. The predicted molar refractivity (Wildman–Crippen MR) is 77.1 cm³/mol. The molecule has 1 aromatic carbocycles. The number of aliphatic carboxylic acids is 1. The van der Waals surface area contributed by atoms with Crippen molar-refractivity contribution >= 4 is 23.5 Å². The Morgan fingerprint density at radius 3 is 2.40 bits per heavy atom. The maximum atomic E-state index is 12.3. The Morgan fingerprint density at radius 2 is 1.85 bits per heavy atom. The van der Waals surface area contributed by atoms with Crippen molar-refractivity contribution in [1.29, 1.82) is 0 Å². The molecule has 0 atom stereocenters. The van der Waals surface area contributed by atoms with E-state index >= 15 is 0 Å². The molecule has 0 radical (unpaired) electrons. The number of rotatable bonds is 3. The van der Waals surface area contributed by atoms with Crippen molar-refractivity contribution in [2.24, 2.45) is 0 Å². The minimum atomic E-state index is -1.13. The van der Waals surface area contributed by atoms with Gasteiger partial charge in [0.1, 0.15) is 5.54 Å². The summed E-state index contributed by atoms with van der Waals surface area (Å²) in [5.74, 6) is -1.33. The van der Waals surface area contributed by atoms with Gasteiger partial charge in [-0.25, -0.2) is 4.79 Å². The Labute approximate surface area is 123 Å². The van der Waals surface area contributed by atoms with E-state index in [-0.39, 0.29) is 5.91 Å². The van der Waals surface area contributed by atoms with Crippen LogP contribution in [-0.2, 0) is 4.79 Å². The van der Waals surface area contributed by atoms with Crippen molar-refractivity contribution in [3.63, 3.8) is 0 Å². The van der Waals surface area contributed by atoms with E-state index in [4.69, 9.17) is 11.6 Å². The second-order valence-corrected chi connectivity index (χ2v) is 5.86. The number of carboxylic acids is 1. The lowest BCUT2D eigenvalue weighted by atomic mass is 9.81. The van der Waals surface area contributed by atoms with Crippen molar-refractivity contribution in [3.8, 4) is 0 Å². The largest absolute Gasteiger partial charge is 0.480 e. The molecule has 1 fully saturated rings. The molecule has 20 heavy (non-hydrogen) atoms. The third kappa shape index (κ3) is 3.12. The van der Waals surface area contributed by atoms with Crippen LogP contribution in [0.4, 0.5) is 0 Å². The lowest BCUT2D eigenvalue weighted by Gasteiger charge is -2.34. The summed E-state index contributed by atoms with van der Waals surface area (Å²) in [4.78, 5) is 23.8. The molecule has 2 rings (SSSR count). The Hall–Kier alpha value is -1.55. The van der Waals surface area contributed by atoms with E-state index in [0.29, 0.717) is 23.4 Å². The van der Waals surface area contributed by atoms with Gasteiger partial charge in [0.2, 0.25) is 0 Å². The molecule has 0 bridgehead atoms.